The summed E-state index contributed by atoms with van der Waals surface area (Å²) in [6.45, 7) is 2.22. The molecule has 0 saturated heterocycles. The number of anilines is 1. The number of hydrogen-bond acceptors (Lipinski definition) is 4. The van der Waals surface area contributed by atoms with Crippen LogP contribution in [0.25, 0.3) is 22.3 Å². The highest BCUT2D eigenvalue weighted by atomic mass is 32.2. The summed E-state index contributed by atoms with van der Waals surface area (Å²) in [7, 11) is -2.16. The second-order valence-corrected chi connectivity index (χ2v) is 12.1. The Bertz CT molecular complexity index is 1740. The lowest BCUT2D eigenvalue weighted by Gasteiger charge is -2.25. The zero-order valence-corrected chi connectivity index (χ0v) is 23.4. The lowest BCUT2D eigenvalue weighted by Crippen LogP contribution is -2.30. The smallest absolute Gasteiger partial charge is 0.264 e. The van der Waals surface area contributed by atoms with Crippen molar-refractivity contribution in [1.29, 1.82) is 0 Å². The van der Waals surface area contributed by atoms with Gasteiger partial charge in [0.05, 0.1) is 36.5 Å². The van der Waals surface area contributed by atoms with Crippen molar-refractivity contribution >= 4 is 15.7 Å². The molecule has 5 aromatic rings. The quantitative estimate of drug-likeness (QED) is 0.194. The lowest BCUT2D eigenvalue weighted by molar-refractivity contribution is 0.412. The number of rotatable bonds is 9. The van der Waals surface area contributed by atoms with Crippen LogP contribution >= 0.6 is 0 Å². The first-order valence-corrected chi connectivity index (χ1v) is 14.8. The first-order chi connectivity index (χ1) is 19.4. The van der Waals surface area contributed by atoms with E-state index in [0.29, 0.717) is 11.7 Å². The molecule has 0 aliphatic heterocycles. The van der Waals surface area contributed by atoms with Crippen molar-refractivity contribution in [2.24, 2.45) is 0 Å². The minimum atomic E-state index is -3.83. The molecule has 40 heavy (non-hydrogen) atoms. The number of benzene rings is 4. The van der Waals surface area contributed by atoms with E-state index in [9.17, 15) is 8.42 Å². The highest BCUT2D eigenvalue weighted by molar-refractivity contribution is 7.92. The Morgan fingerprint density at radius 3 is 2.27 bits per heavy atom. The molecule has 1 heterocycles. The second kappa shape index (κ2) is 10.7. The van der Waals surface area contributed by atoms with E-state index in [-0.39, 0.29) is 11.4 Å². The van der Waals surface area contributed by atoms with Gasteiger partial charge < -0.3 is 4.74 Å². The Labute approximate surface area is 235 Å². The number of methoxy groups -OCH3 is 1. The van der Waals surface area contributed by atoms with Gasteiger partial charge in [0.25, 0.3) is 10.0 Å². The molecule has 0 N–H and O–H groups in total. The second-order valence-electron chi connectivity index (χ2n) is 10.2. The van der Waals surface area contributed by atoms with Gasteiger partial charge in [0.15, 0.2) is 0 Å². The minimum absolute atomic E-state index is 0.198. The minimum Gasteiger partial charge on any atom is -0.496 e. The Morgan fingerprint density at radius 1 is 0.850 bits per heavy atom. The van der Waals surface area contributed by atoms with Crippen LogP contribution < -0.4 is 9.04 Å². The summed E-state index contributed by atoms with van der Waals surface area (Å²) in [5, 5.41) is 4.52. The van der Waals surface area contributed by atoms with Crippen molar-refractivity contribution in [1.82, 2.24) is 9.78 Å². The number of aromatic nitrogens is 2. The van der Waals surface area contributed by atoms with Crippen molar-refractivity contribution in [2.75, 3.05) is 11.4 Å². The van der Waals surface area contributed by atoms with Gasteiger partial charge >= 0.3 is 0 Å². The van der Waals surface area contributed by atoms with E-state index < -0.39 is 10.0 Å². The molecule has 6 nitrogen and oxygen atoms in total. The zero-order valence-electron chi connectivity index (χ0n) is 22.6. The maximum atomic E-state index is 14.0. The first-order valence-electron chi connectivity index (χ1n) is 13.4. The van der Waals surface area contributed by atoms with E-state index in [0.717, 1.165) is 52.0 Å². The van der Waals surface area contributed by atoms with Gasteiger partial charge in [-0.3, -0.25) is 8.99 Å². The average molecular weight is 550 g/mol. The third-order valence-electron chi connectivity index (χ3n) is 7.33. The molecule has 1 fully saturated rings. The molecule has 202 valence electrons. The van der Waals surface area contributed by atoms with Crippen molar-refractivity contribution < 1.29 is 13.2 Å². The van der Waals surface area contributed by atoms with Crippen LogP contribution in [0.3, 0.4) is 0 Å². The van der Waals surface area contributed by atoms with Gasteiger partial charge in [0, 0.05) is 11.8 Å². The maximum Gasteiger partial charge on any atom is 0.264 e. The summed E-state index contributed by atoms with van der Waals surface area (Å²) in [5.74, 6) is 0.851. The topological polar surface area (TPSA) is 64.4 Å². The molecule has 4 aromatic carbocycles. The van der Waals surface area contributed by atoms with E-state index >= 15 is 0 Å². The molecule has 1 saturated carbocycles. The van der Waals surface area contributed by atoms with Crippen LogP contribution in [0, 0.1) is 6.92 Å². The van der Waals surface area contributed by atoms with Gasteiger partial charge in [-0.2, -0.15) is 5.10 Å². The molecule has 0 bridgehead atoms. The molecule has 0 radical (unpaired) electrons. The van der Waals surface area contributed by atoms with E-state index in [4.69, 9.17) is 4.74 Å². The van der Waals surface area contributed by atoms with E-state index in [1.165, 1.54) is 4.31 Å². The molecule has 0 unspecified atom stereocenters. The highest BCUT2D eigenvalue weighted by Crippen LogP contribution is 2.36. The van der Waals surface area contributed by atoms with Crippen LogP contribution in [-0.4, -0.2) is 25.3 Å². The van der Waals surface area contributed by atoms with Gasteiger partial charge in [-0.1, -0.05) is 60.7 Å². The maximum absolute atomic E-state index is 14.0. The average Bonchev–Trinajstić information content (AvgIpc) is 3.72. The Balaban J connectivity index is 1.34. The Kier molecular flexibility index (Phi) is 6.90. The van der Waals surface area contributed by atoms with E-state index in [1.807, 2.05) is 90.7 Å². The fourth-order valence-corrected chi connectivity index (χ4v) is 6.39. The third kappa shape index (κ3) is 5.25. The van der Waals surface area contributed by atoms with Crippen LogP contribution in [-0.2, 0) is 16.6 Å². The van der Waals surface area contributed by atoms with Crippen LogP contribution in [0.1, 0.15) is 30.0 Å². The van der Waals surface area contributed by atoms with Crippen LogP contribution in [0.4, 0.5) is 5.69 Å². The molecule has 6 rings (SSSR count). The third-order valence-corrected chi connectivity index (χ3v) is 9.12. The number of aryl methyl sites for hydroxylation is 1. The summed E-state index contributed by atoms with van der Waals surface area (Å²) in [5.41, 5.74) is 6.61. The lowest BCUT2D eigenvalue weighted by atomic mass is 10.0. The molecule has 0 amide bonds. The van der Waals surface area contributed by atoms with Crippen molar-refractivity contribution in [3.05, 3.63) is 121 Å². The van der Waals surface area contributed by atoms with Crippen molar-refractivity contribution in [3.8, 4) is 28.0 Å². The fraction of sp³-hybridized carbons (Fsp3) is 0.182. The number of nitrogens with zero attached hydrogens (tertiary/aromatic N) is 3. The Morgan fingerprint density at radius 2 is 1.57 bits per heavy atom. The number of sulfonamides is 1. The van der Waals surface area contributed by atoms with E-state index in [1.54, 1.807) is 31.4 Å². The normalized spacial score (nSPS) is 13.2. The monoisotopic (exact) mass is 549 g/mol. The summed E-state index contributed by atoms with van der Waals surface area (Å²) in [4.78, 5) is 0.257. The predicted octanol–water partition coefficient (Wildman–Crippen LogP) is 7.26. The molecule has 7 heteroatoms. The van der Waals surface area contributed by atoms with Gasteiger partial charge in [-0.05, 0) is 84.0 Å². The number of hydrogen-bond donors (Lipinski definition) is 0. The van der Waals surface area contributed by atoms with Gasteiger partial charge in [-0.15, -0.1) is 0 Å². The van der Waals surface area contributed by atoms with Crippen LogP contribution in [0.5, 0.6) is 5.75 Å². The molecule has 1 aliphatic rings. The SMILES string of the molecule is COc1ccc(-c2ccc(CN(c3cccc(-c4cnn(C5CC5)c4)c3)S(=O)(=O)c3ccccc3)cc2)cc1C. The Hall–Kier alpha value is -4.36. The van der Waals surface area contributed by atoms with E-state index in [2.05, 4.69) is 11.2 Å². The largest absolute Gasteiger partial charge is 0.496 e. The van der Waals surface area contributed by atoms with Crippen LogP contribution in [0.15, 0.2) is 114 Å². The highest BCUT2D eigenvalue weighted by Gasteiger charge is 2.27. The molecule has 1 aromatic heterocycles. The zero-order chi connectivity index (χ0) is 27.7. The number of ether oxygens (including phenoxy) is 1. The molecule has 1 aliphatic carbocycles. The van der Waals surface area contributed by atoms with Gasteiger partial charge in [-0.25, -0.2) is 8.42 Å². The van der Waals surface area contributed by atoms with Crippen molar-refractivity contribution in [2.45, 2.75) is 37.2 Å². The molecular formula is C33H31N3O3S. The molecular weight excluding hydrogens is 518 g/mol. The van der Waals surface area contributed by atoms with Crippen LogP contribution in [0.2, 0.25) is 0 Å². The summed E-state index contributed by atoms with van der Waals surface area (Å²) in [6, 6.07) is 30.9. The van der Waals surface area contributed by atoms with Crippen molar-refractivity contribution in [3.63, 3.8) is 0 Å². The molecule has 0 atom stereocenters. The summed E-state index contributed by atoms with van der Waals surface area (Å²) in [6.07, 6.45) is 6.21. The summed E-state index contributed by atoms with van der Waals surface area (Å²) >= 11 is 0. The summed E-state index contributed by atoms with van der Waals surface area (Å²) < 4.78 is 36.8. The fourth-order valence-electron chi connectivity index (χ4n) is 4.93. The van der Waals surface area contributed by atoms with Gasteiger partial charge in [0.1, 0.15) is 5.75 Å². The molecule has 0 spiro atoms. The first kappa shape index (κ1) is 25.9. The standard InChI is InChI=1S/C33H31N3O3S/c1-24-19-28(15-18-33(24)39-2)26-13-11-25(12-14-26)22-36(40(37,38)32-9-4-3-5-10-32)31-8-6-7-27(20-31)29-21-34-35(23-29)30-16-17-30/h3-15,18-21,23,30H,16-17,22H2,1-2H3. The van der Waals surface area contributed by atoms with Gasteiger partial charge in [0.2, 0.25) is 0 Å². The predicted molar refractivity (Wildman–Crippen MR) is 159 cm³/mol.